The molecule has 0 heterocycles. The van der Waals surface area contributed by atoms with Gasteiger partial charge in [0.25, 0.3) is 0 Å². The number of methoxy groups -OCH3 is 3. The van der Waals surface area contributed by atoms with Gasteiger partial charge in [0.15, 0.2) is 0 Å². The van der Waals surface area contributed by atoms with Crippen LogP contribution in [0.3, 0.4) is 0 Å². The molecule has 2 aromatic carbocycles. The molecular weight excluding hydrogens is 292 g/mol. The summed E-state index contributed by atoms with van der Waals surface area (Å²) < 4.78 is 21.5. The van der Waals surface area contributed by atoms with Crippen LogP contribution in [0.5, 0.6) is 17.2 Å². The van der Waals surface area contributed by atoms with Gasteiger partial charge in [0.2, 0.25) is 0 Å². The molecule has 0 aromatic heterocycles. The Labute approximate surface area is 137 Å². The third kappa shape index (κ3) is 5.18. The molecule has 23 heavy (non-hydrogen) atoms. The van der Waals surface area contributed by atoms with E-state index in [1.807, 2.05) is 42.5 Å². The van der Waals surface area contributed by atoms with Gasteiger partial charge in [0.05, 0.1) is 27.9 Å². The van der Waals surface area contributed by atoms with Crippen molar-refractivity contribution in [1.29, 1.82) is 0 Å². The van der Waals surface area contributed by atoms with Crippen LogP contribution in [0.25, 0.3) is 0 Å². The first kappa shape index (κ1) is 17.2. The quantitative estimate of drug-likeness (QED) is 0.658. The molecule has 0 atom stereocenters. The van der Waals surface area contributed by atoms with E-state index in [-0.39, 0.29) is 0 Å². The van der Waals surface area contributed by atoms with Crippen LogP contribution in [0.15, 0.2) is 42.5 Å². The first-order valence-electron chi connectivity index (χ1n) is 7.68. The van der Waals surface area contributed by atoms with Gasteiger partial charge in [-0.2, -0.15) is 0 Å². The lowest BCUT2D eigenvalue weighted by molar-refractivity contribution is 0.118. The standard InChI is InChI=1S/C19H24O4/c1-20-17-9-6-15(7-10-17)14-23-12-4-5-16-8-11-18(21-2)13-19(16)22-3/h6-11,13H,4-5,12,14H2,1-3H3. The molecule has 0 bridgehead atoms. The zero-order valence-electron chi connectivity index (χ0n) is 14.0. The molecule has 0 saturated heterocycles. The van der Waals surface area contributed by atoms with E-state index in [9.17, 15) is 0 Å². The summed E-state index contributed by atoms with van der Waals surface area (Å²) in [4.78, 5) is 0. The van der Waals surface area contributed by atoms with Crippen LogP contribution in [0.1, 0.15) is 17.5 Å². The summed E-state index contributed by atoms with van der Waals surface area (Å²) in [6, 6.07) is 13.8. The highest BCUT2D eigenvalue weighted by Crippen LogP contribution is 2.25. The van der Waals surface area contributed by atoms with Gasteiger partial charge in [0, 0.05) is 12.7 Å². The summed E-state index contributed by atoms with van der Waals surface area (Å²) in [5, 5.41) is 0. The van der Waals surface area contributed by atoms with E-state index in [1.54, 1.807) is 21.3 Å². The maximum absolute atomic E-state index is 5.73. The average molecular weight is 316 g/mol. The summed E-state index contributed by atoms with van der Waals surface area (Å²) in [5.74, 6) is 2.53. The fourth-order valence-electron chi connectivity index (χ4n) is 2.33. The van der Waals surface area contributed by atoms with Gasteiger partial charge in [-0.25, -0.2) is 0 Å². The second-order valence-electron chi connectivity index (χ2n) is 5.18. The maximum Gasteiger partial charge on any atom is 0.125 e. The van der Waals surface area contributed by atoms with E-state index >= 15 is 0 Å². The highest BCUT2D eigenvalue weighted by Gasteiger charge is 2.05. The summed E-state index contributed by atoms with van der Waals surface area (Å²) in [5.41, 5.74) is 2.31. The predicted octanol–water partition coefficient (Wildman–Crippen LogP) is 3.86. The molecule has 0 spiro atoms. The molecule has 0 aliphatic carbocycles. The normalized spacial score (nSPS) is 10.4. The molecule has 0 N–H and O–H groups in total. The van der Waals surface area contributed by atoms with Crippen molar-refractivity contribution in [2.45, 2.75) is 19.4 Å². The lowest BCUT2D eigenvalue weighted by Gasteiger charge is -2.10. The van der Waals surface area contributed by atoms with Crippen molar-refractivity contribution < 1.29 is 18.9 Å². The van der Waals surface area contributed by atoms with Crippen LogP contribution >= 0.6 is 0 Å². The highest BCUT2D eigenvalue weighted by atomic mass is 16.5. The Hall–Kier alpha value is -2.20. The van der Waals surface area contributed by atoms with Crippen molar-refractivity contribution in [2.24, 2.45) is 0 Å². The first-order valence-corrected chi connectivity index (χ1v) is 7.68. The van der Waals surface area contributed by atoms with E-state index in [2.05, 4.69) is 0 Å². The Balaban J connectivity index is 1.74. The SMILES string of the molecule is COc1ccc(COCCCc2ccc(OC)cc2OC)cc1. The number of benzene rings is 2. The van der Waals surface area contributed by atoms with Crippen molar-refractivity contribution in [3.8, 4) is 17.2 Å². The topological polar surface area (TPSA) is 36.9 Å². The number of rotatable bonds is 9. The second kappa shape index (κ2) is 9.06. The monoisotopic (exact) mass is 316 g/mol. The molecule has 4 heteroatoms. The van der Waals surface area contributed by atoms with Gasteiger partial charge < -0.3 is 18.9 Å². The van der Waals surface area contributed by atoms with E-state index in [4.69, 9.17) is 18.9 Å². The van der Waals surface area contributed by atoms with Crippen LogP contribution in [-0.2, 0) is 17.8 Å². The van der Waals surface area contributed by atoms with Crippen molar-refractivity contribution in [3.05, 3.63) is 53.6 Å². The molecule has 0 aliphatic rings. The predicted molar refractivity (Wildman–Crippen MR) is 90.5 cm³/mol. The highest BCUT2D eigenvalue weighted by molar-refractivity contribution is 5.40. The molecule has 0 radical (unpaired) electrons. The number of ether oxygens (including phenoxy) is 4. The van der Waals surface area contributed by atoms with Crippen LogP contribution < -0.4 is 14.2 Å². The largest absolute Gasteiger partial charge is 0.497 e. The van der Waals surface area contributed by atoms with Crippen molar-refractivity contribution in [3.63, 3.8) is 0 Å². The van der Waals surface area contributed by atoms with Crippen LogP contribution in [0.4, 0.5) is 0 Å². The first-order chi connectivity index (χ1) is 11.3. The van der Waals surface area contributed by atoms with Gasteiger partial charge >= 0.3 is 0 Å². The van der Waals surface area contributed by atoms with Crippen LogP contribution in [-0.4, -0.2) is 27.9 Å². The summed E-state index contributed by atoms with van der Waals surface area (Å²) in [7, 11) is 5.00. The molecule has 0 saturated carbocycles. The van der Waals surface area contributed by atoms with E-state index < -0.39 is 0 Å². The smallest absolute Gasteiger partial charge is 0.125 e. The molecule has 2 rings (SSSR count). The molecule has 124 valence electrons. The third-order valence-corrected chi connectivity index (χ3v) is 3.66. The zero-order valence-corrected chi connectivity index (χ0v) is 14.0. The molecule has 2 aromatic rings. The van der Waals surface area contributed by atoms with Gasteiger partial charge in [-0.3, -0.25) is 0 Å². The Morgan fingerprint density at radius 2 is 1.48 bits per heavy atom. The lowest BCUT2D eigenvalue weighted by atomic mass is 10.1. The number of aryl methyl sites for hydroxylation is 1. The average Bonchev–Trinajstić information content (AvgIpc) is 2.62. The zero-order chi connectivity index (χ0) is 16.5. The van der Waals surface area contributed by atoms with Crippen molar-refractivity contribution >= 4 is 0 Å². The fourth-order valence-corrected chi connectivity index (χ4v) is 2.33. The Kier molecular flexibility index (Phi) is 6.76. The Morgan fingerprint density at radius 1 is 0.783 bits per heavy atom. The van der Waals surface area contributed by atoms with Gasteiger partial charge in [-0.1, -0.05) is 18.2 Å². The van der Waals surface area contributed by atoms with E-state index in [1.165, 1.54) is 5.56 Å². The Morgan fingerprint density at radius 3 is 2.13 bits per heavy atom. The molecule has 0 aliphatic heterocycles. The van der Waals surface area contributed by atoms with Gasteiger partial charge in [-0.15, -0.1) is 0 Å². The molecule has 0 fully saturated rings. The lowest BCUT2D eigenvalue weighted by Crippen LogP contribution is -1.99. The van der Waals surface area contributed by atoms with Crippen LogP contribution in [0.2, 0.25) is 0 Å². The summed E-state index contributed by atoms with van der Waals surface area (Å²) in [6.07, 6.45) is 1.86. The van der Waals surface area contributed by atoms with E-state index in [0.29, 0.717) is 13.2 Å². The van der Waals surface area contributed by atoms with Gasteiger partial charge in [-0.05, 0) is 42.2 Å². The number of hydrogen-bond acceptors (Lipinski definition) is 4. The Bertz CT molecular complexity index is 593. The minimum atomic E-state index is 0.615. The summed E-state index contributed by atoms with van der Waals surface area (Å²) >= 11 is 0. The minimum absolute atomic E-state index is 0.615. The van der Waals surface area contributed by atoms with Gasteiger partial charge in [0.1, 0.15) is 17.2 Å². The molecule has 4 nitrogen and oxygen atoms in total. The molecular formula is C19H24O4. The third-order valence-electron chi connectivity index (χ3n) is 3.66. The fraction of sp³-hybridized carbons (Fsp3) is 0.368. The van der Waals surface area contributed by atoms with E-state index in [0.717, 1.165) is 35.7 Å². The number of hydrogen-bond donors (Lipinski definition) is 0. The summed E-state index contributed by atoms with van der Waals surface area (Å²) in [6.45, 7) is 1.32. The molecule has 0 unspecified atom stereocenters. The minimum Gasteiger partial charge on any atom is -0.497 e. The van der Waals surface area contributed by atoms with Crippen LogP contribution in [0, 0.1) is 0 Å². The van der Waals surface area contributed by atoms with Crippen molar-refractivity contribution in [2.75, 3.05) is 27.9 Å². The molecule has 0 amide bonds. The maximum atomic E-state index is 5.73. The second-order valence-corrected chi connectivity index (χ2v) is 5.18. The van der Waals surface area contributed by atoms with Crippen molar-refractivity contribution in [1.82, 2.24) is 0 Å².